The number of nitrogens with zero attached hydrogens (tertiary/aromatic N) is 1. The Bertz CT molecular complexity index is 214. The minimum absolute atomic E-state index is 0.300. The average molecular weight is 195 g/mol. The maximum absolute atomic E-state index is 2.56. The van der Waals surface area contributed by atoms with Crippen molar-refractivity contribution in [3.63, 3.8) is 0 Å². The van der Waals surface area contributed by atoms with Gasteiger partial charge in [0.25, 0.3) is 0 Å². The van der Waals surface area contributed by atoms with Gasteiger partial charge in [0.1, 0.15) is 0 Å². The van der Waals surface area contributed by atoms with E-state index in [0.29, 0.717) is 16.9 Å². The molecule has 1 aliphatic heterocycles. The molecule has 1 nitrogen and oxygen atoms in total. The fourth-order valence-corrected chi connectivity index (χ4v) is 1.84. The van der Waals surface area contributed by atoms with Crippen molar-refractivity contribution >= 4 is 0 Å². The number of hydrogen-bond acceptors (Lipinski definition) is 1. The van der Waals surface area contributed by atoms with Crippen molar-refractivity contribution < 1.29 is 0 Å². The van der Waals surface area contributed by atoms with E-state index >= 15 is 0 Å². The van der Waals surface area contributed by atoms with Gasteiger partial charge in [-0.2, -0.15) is 0 Å². The molecule has 0 saturated carbocycles. The van der Waals surface area contributed by atoms with Gasteiger partial charge in [0.05, 0.1) is 0 Å². The highest BCUT2D eigenvalue weighted by molar-refractivity contribution is 5.03. The lowest BCUT2D eigenvalue weighted by Gasteiger charge is -2.42. The largest absolute Gasteiger partial charge is 0.294 e. The lowest BCUT2D eigenvalue weighted by Crippen LogP contribution is -2.47. The van der Waals surface area contributed by atoms with E-state index in [9.17, 15) is 0 Å². The van der Waals surface area contributed by atoms with Crippen LogP contribution in [0.4, 0.5) is 0 Å². The molecular formula is C13H25N. The predicted molar refractivity (Wildman–Crippen MR) is 63.4 cm³/mol. The van der Waals surface area contributed by atoms with E-state index in [2.05, 4.69) is 58.6 Å². The first kappa shape index (κ1) is 11.8. The molecule has 0 spiro atoms. The highest BCUT2D eigenvalue weighted by atomic mass is 15.2. The van der Waals surface area contributed by atoms with Crippen molar-refractivity contribution in [3.05, 3.63) is 12.2 Å². The summed E-state index contributed by atoms with van der Waals surface area (Å²) in [5.41, 5.74) is 0.689. The summed E-state index contributed by atoms with van der Waals surface area (Å²) in [6.45, 7) is 16.2. The van der Waals surface area contributed by atoms with Crippen LogP contribution in [0.2, 0.25) is 0 Å². The van der Waals surface area contributed by atoms with E-state index in [1.807, 2.05) is 0 Å². The van der Waals surface area contributed by atoms with Crippen LogP contribution in [0.25, 0.3) is 0 Å². The summed E-state index contributed by atoms with van der Waals surface area (Å²) in [5.74, 6) is 0.690. The smallest absolute Gasteiger partial charge is 0.0168 e. The summed E-state index contributed by atoms with van der Waals surface area (Å²) < 4.78 is 0. The molecule has 0 radical (unpaired) electrons. The summed E-state index contributed by atoms with van der Waals surface area (Å²) in [6, 6.07) is 0. The molecule has 14 heavy (non-hydrogen) atoms. The van der Waals surface area contributed by atoms with E-state index in [0.717, 1.165) is 6.54 Å². The summed E-state index contributed by atoms with van der Waals surface area (Å²) >= 11 is 0. The molecule has 0 aromatic rings. The van der Waals surface area contributed by atoms with Gasteiger partial charge in [-0.25, -0.2) is 0 Å². The Hall–Kier alpha value is -0.300. The zero-order valence-electron chi connectivity index (χ0n) is 10.6. The second kappa shape index (κ2) is 3.69. The molecule has 0 aliphatic carbocycles. The van der Waals surface area contributed by atoms with Crippen LogP contribution in [0.3, 0.4) is 0 Å². The Morgan fingerprint density at radius 1 is 1.07 bits per heavy atom. The first-order chi connectivity index (χ1) is 6.21. The molecule has 0 N–H and O–H groups in total. The van der Waals surface area contributed by atoms with Crippen molar-refractivity contribution in [3.8, 4) is 0 Å². The maximum atomic E-state index is 2.56. The van der Waals surface area contributed by atoms with Gasteiger partial charge >= 0.3 is 0 Å². The lowest BCUT2D eigenvalue weighted by molar-refractivity contribution is 0.0976. The molecule has 1 aliphatic rings. The third kappa shape index (κ3) is 2.84. The van der Waals surface area contributed by atoms with Crippen LogP contribution in [-0.2, 0) is 0 Å². The molecule has 0 aromatic carbocycles. The molecule has 1 unspecified atom stereocenters. The second-order valence-electron chi connectivity index (χ2n) is 6.48. The fourth-order valence-electron chi connectivity index (χ4n) is 1.84. The van der Waals surface area contributed by atoms with E-state index < -0.39 is 0 Å². The molecule has 0 fully saturated rings. The van der Waals surface area contributed by atoms with Crippen LogP contribution in [0.15, 0.2) is 12.2 Å². The van der Waals surface area contributed by atoms with Gasteiger partial charge in [0.2, 0.25) is 0 Å². The molecular weight excluding hydrogens is 170 g/mol. The van der Waals surface area contributed by atoms with E-state index in [4.69, 9.17) is 0 Å². The first-order valence-electron chi connectivity index (χ1n) is 5.63. The Labute approximate surface area is 89.2 Å². The average Bonchev–Trinajstić information content (AvgIpc) is 2.01. The Balaban J connectivity index is 2.71. The van der Waals surface area contributed by atoms with Gasteiger partial charge < -0.3 is 0 Å². The summed E-state index contributed by atoms with van der Waals surface area (Å²) in [7, 11) is 0. The molecule has 0 saturated heterocycles. The van der Waals surface area contributed by atoms with Gasteiger partial charge in [0.15, 0.2) is 0 Å². The van der Waals surface area contributed by atoms with E-state index in [1.54, 1.807) is 0 Å². The molecule has 0 bridgehead atoms. The highest BCUT2D eigenvalue weighted by Gasteiger charge is 2.30. The molecule has 0 aromatic heterocycles. The van der Waals surface area contributed by atoms with Crippen LogP contribution >= 0.6 is 0 Å². The van der Waals surface area contributed by atoms with Crippen LogP contribution in [0, 0.1) is 11.3 Å². The summed E-state index contributed by atoms with van der Waals surface area (Å²) in [5, 5.41) is 0. The lowest BCUT2D eigenvalue weighted by atomic mass is 9.78. The predicted octanol–water partition coefficient (Wildman–Crippen LogP) is 3.32. The van der Waals surface area contributed by atoms with Crippen LogP contribution in [0.1, 0.15) is 41.5 Å². The van der Waals surface area contributed by atoms with Crippen LogP contribution in [-0.4, -0.2) is 23.5 Å². The molecule has 0 amide bonds. The standard InChI is InChI=1S/C13H25N/c1-12(2,3)11-8-7-9-14(10-11)13(4,5)6/h7-8,11H,9-10H2,1-6H3. The minimum Gasteiger partial charge on any atom is -0.294 e. The number of hydrogen-bond donors (Lipinski definition) is 0. The fraction of sp³-hybridized carbons (Fsp3) is 0.846. The van der Waals surface area contributed by atoms with Gasteiger partial charge in [0, 0.05) is 18.6 Å². The quantitative estimate of drug-likeness (QED) is 0.536. The zero-order chi connectivity index (χ0) is 11.0. The van der Waals surface area contributed by atoms with Gasteiger partial charge in [-0.15, -0.1) is 0 Å². The van der Waals surface area contributed by atoms with Crippen molar-refractivity contribution in [1.82, 2.24) is 4.90 Å². The molecule has 1 atom stereocenters. The van der Waals surface area contributed by atoms with E-state index in [1.165, 1.54) is 6.54 Å². The second-order valence-corrected chi connectivity index (χ2v) is 6.48. The Kier molecular flexibility index (Phi) is 3.10. The summed E-state index contributed by atoms with van der Waals surface area (Å²) in [6.07, 6.45) is 4.72. The Morgan fingerprint density at radius 2 is 1.64 bits per heavy atom. The van der Waals surface area contributed by atoms with Crippen LogP contribution in [0.5, 0.6) is 0 Å². The van der Waals surface area contributed by atoms with Crippen LogP contribution < -0.4 is 0 Å². The maximum Gasteiger partial charge on any atom is 0.0168 e. The molecule has 1 heterocycles. The highest BCUT2D eigenvalue weighted by Crippen LogP contribution is 2.31. The first-order valence-corrected chi connectivity index (χ1v) is 5.63. The Morgan fingerprint density at radius 3 is 2.07 bits per heavy atom. The molecule has 82 valence electrons. The van der Waals surface area contributed by atoms with E-state index in [-0.39, 0.29) is 0 Å². The van der Waals surface area contributed by atoms with Gasteiger partial charge in [-0.1, -0.05) is 32.9 Å². The normalized spacial score (nSPS) is 25.4. The minimum atomic E-state index is 0.300. The third-order valence-electron chi connectivity index (χ3n) is 3.17. The zero-order valence-corrected chi connectivity index (χ0v) is 10.6. The van der Waals surface area contributed by atoms with Gasteiger partial charge in [-0.05, 0) is 32.1 Å². The molecule has 1 heteroatoms. The monoisotopic (exact) mass is 195 g/mol. The number of rotatable bonds is 0. The van der Waals surface area contributed by atoms with Crippen molar-refractivity contribution in [2.45, 2.75) is 47.1 Å². The van der Waals surface area contributed by atoms with Crippen molar-refractivity contribution in [1.29, 1.82) is 0 Å². The van der Waals surface area contributed by atoms with Crippen molar-refractivity contribution in [2.75, 3.05) is 13.1 Å². The summed E-state index contributed by atoms with van der Waals surface area (Å²) in [4.78, 5) is 2.56. The van der Waals surface area contributed by atoms with Gasteiger partial charge in [-0.3, -0.25) is 4.90 Å². The topological polar surface area (TPSA) is 3.24 Å². The van der Waals surface area contributed by atoms with Crippen molar-refractivity contribution in [2.24, 2.45) is 11.3 Å². The third-order valence-corrected chi connectivity index (χ3v) is 3.17. The SMILES string of the molecule is CC(C)(C)C1C=CCN(C(C)(C)C)C1. The molecule has 1 rings (SSSR count).